The van der Waals surface area contributed by atoms with Gasteiger partial charge in [-0.15, -0.1) is 0 Å². The third-order valence-electron chi connectivity index (χ3n) is 3.21. The van der Waals surface area contributed by atoms with Gasteiger partial charge in [0.15, 0.2) is 0 Å². The molecule has 0 heterocycles. The van der Waals surface area contributed by atoms with Crippen LogP contribution in [0.4, 0.5) is 11.4 Å². The zero-order chi connectivity index (χ0) is 16.1. The van der Waals surface area contributed by atoms with Crippen molar-refractivity contribution >= 4 is 23.3 Å². The summed E-state index contributed by atoms with van der Waals surface area (Å²) in [7, 11) is 5.21. The maximum atomic E-state index is 12.2. The lowest BCUT2D eigenvalue weighted by Crippen LogP contribution is -2.13. The fourth-order valence-corrected chi connectivity index (χ4v) is 1.92. The molecule has 0 aliphatic carbocycles. The molecule has 5 heteroatoms. The molecule has 0 saturated carbocycles. The summed E-state index contributed by atoms with van der Waals surface area (Å²) in [6.45, 7) is 0. The van der Waals surface area contributed by atoms with Crippen molar-refractivity contribution in [2.45, 2.75) is 0 Å². The summed E-state index contributed by atoms with van der Waals surface area (Å²) in [5.74, 6) is -0.603. The van der Waals surface area contributed by atoms with Crippen LogP contribution in [0.3, 0.4) is 0 Å². The number of nitrogens with one attached hydrogen (secondary N) is 1. The van der Waals surface area contributed by atoms with Gasteiger partial charge in [0.2, 0.25) is 0 Å². The van der Waals surface area contributed by atoms with Crippen molar-refractivity contribution < 1.29 is 14.3 Å². The number of rotatable bonds is 4. The largest absolute Gasteiger partial charge is 0.465 e. The average Bonchev–Trinajstić information content (AvgIpc) is 2.54. The van der Waals surface area contributed by atoms with Crippen LogP contribution in [0.15, 0.2) is 48.5 Å². The molecule has 0 fully saturated rings. The highest BCUT2D eigenvalue weighted by atomic mass is 16.5. The van der Waals surface area contributed by atoms with Gasteiger partial charge in [0.1, 0.15) is 0 Å². The van der Waals surface area contributed by atoms with Crippen molar-refractivity contribution in [2.24, 2.45) is 0 Å². The number of carbonyl (C=O) groups excluding carboxylic acids is 2. The molecule has 2 aromatic rings. The first-order valence-electron chi connectivity index (χ1n) is 6.78. The van der Waals surface area contributed by atoms with Crippen LogP contribution >= 0.6 is 0 Å². The molecule has 1 amide bonds. The molecule has 0 aliphatic rings. The van der Waals surface area contributed by atoms with E-state index in [4.69, 9.17) is 0 Å². The molecule has 22 heavy (non-hydrogen) atoms. The van der Waals surface area contributed by atoms with Gasteiger partial charge in [0.05, 0.1) is 12.7 Å². The first-order valence-corrected chi connectivity index (χ1v) is 6.78. The predicted molar refractivity (Wildman–Crippen MR) is 86.5 cm³/mol. The fourth-order valence-electron chi connectivity index (χ4n) is 1.92. The second kappa shape index (κ2) is 6.76. The van der Waals surface area contributed by atoms with E-state index < -0.39 is 5.97 Å². The first kappa shape index (κ1) is 15.6. The first-order chi connectivity index (χ1) is 10.5. The van der Waals surface area contributed by atoms with Crippen LogP contribution in [0, 0.1) is 0 Å². The third-order valence-corrected chi connectivity index (χ3v) is 3.21. The smallest absolute Gasteiger partial charge is 0.337 e. The molecule has 114 valence electrons. The topological polar surface area (TPSA) is 58.6 Å². The number of hydrogen-bond acceptors (Lipinski definition) is 4. The molecule has 0 aliphatic heterocycles. The molecule has 0 unspecified atom stereocenters. The standard InChI is InChI=1S/C17H18N2O3/c1-19(2)15-10-6-12(7-11-15)16(20)18-14-8-4-13(5-9-14)17(21)22-3/h4-11H,1-3H3,(H,18,20). The molecule has 5 nitrogen and oxygen atoms in total. The quantitative estimate of drug-likeness (QED) is 0.882. The van der Waals surface area contributed by atoms with Crippen LogP contribution in [-0.4, -0.2) is 33.1 Å². The molecule has 0 aromatic heterocycles. The van der Waals surface area contributed by atoms with E-state index in [0.717, 1.165) is 5.69 Å². The molecule has 2 aromatic carbocycles. The Kier molecular flexibility index (Phi) is 4.78. The summed E-state index contributed by atoms with van der Waals surface area (Å²) < 4.78 is 4.63. The van der Waals surface area contributed by atoms with E-state index in [9.17, 15) is 9.59 Å². The summed E-state index contributed by atoms with van der Waals surface area (Å²) in [4.78, 5) is 25.5. The van der Waals surface area contributed by atoms with Crippen molar-refractivity contribution in [1.29, 1.82) is 0 Å². The Morgan fingerprint density at radius 2 is 1.45 bits per heavy atom. The lowest BCUT2D eigenvalue weighted by molar-refractivity contribution is 0.0600. The molecule has 0 radical (unpaired) electrons. The minimum absolute atomic E-state index is 0.198. The van der Waals surface area contributed by atoms with Crippen molar-refractivity contribution in [3.05, 3.63) is 59.7 Å². The van der Waals surface area contributed by atoms with Crippen LogP contribution < -0.4 is 10.2 Å². The maximum absolute atomic E-state index is 12.2. The van der Waals surface area contributed by atoms with Crippen LogP contribution in [-0.2, 0) is 4.74 Å². The van der Waals surface area contributed by atoms with Gasteiger partial charge >= 0.3 is 5.97 Å². The number of carbonyl (C=O) groups is 2. The second-order valence-corrected chi connectivity index (χ2v) is 4.96. The van der Waals surface area contributed by atoms with Gasteiger partial charge in [-0.2, -0.15) is 0 Å². The number of nitrogens with zero attached hydrogens (tertiary/aromatic N) is 1. The van der Waals surface area contributed by atoms with Gasteiger partial charge in [0.25, 0.3) is 5.91 Å². The summed E-state index contributed by atoms with van der Waals surface area (Å²) in [6, 6.07) is 13.9. The van der Waals surface area contributed by atoms with E-state index in [-0.39, 0.29) is 5.91 Å². The van der Waals surface area contributed by atoms with E-state index in [1.165, 1.54) is 7.11 Å². The SMILES string of the molecule is COC(=O)c1ccc(NC(=O)c2ccc(N(C)C)cc2)cc1. The van der Waals surface area contributed by atoms with Crippen LogP contribution in [0.5, 0.6) is 0 Å². The number of methoxy groups -OCH3 is 1. The summed E-state index contributed by atoms with van der Waals surface area (Å²) in [5.41, 5.74) is 2.66. The van der Waals surface area contributed by atoms with Crippen molar-refractivity contribution in [2.75, 3.05) is 31.4 Å². The van der Waals surface area contributed by atoms with E-state index in [1.54, 1.807) is 36.4 Å². The molecule has 0 atom stereocenters. The minimum atomic E-state index is -0.405. The Balaban J connectivity index is 2.06. The van der Waals surface area contributed by atoms with Gasteiger partial charge in [0, 0.05) is 31.0 Å². The van der Waals surface area contributed by atoms with Gasteiger partial charge < -0.3 is 15.0 Å². The monoisotopic (exact) mass is 298 g/mol. The zero-order valence-electron chi connectivity index (χ0n) is 12.8. The molecular weight excluding hydrogens is 280 g/mol. The van der Waals surface area contributed by atoms with E-state index in [1.807, 2.05) is 31.1 Å². The van der Waals surface area contributed by atoms with E-state index in [0.29, 0.717) is 16.8 Å². The Bertz CT molecular complexity index is 661. The zero-order valence-corrected chi connectivity index (χ0v) is 12.8. The Morgan fingerprint density at radius 1 is 0.909 bits per heavy atom. The van der Waals surface area contributed by atoms with Crippen molar-refractivity contribution in [3.8, 4) is 0 Å². The molecule has 0 spiro atoms. The van der Waals surface area contributed by atoms with Gasteiger partial charge in [-0.3, -0.25) is 4.79 Å². The van der Waals surface area contributed by atoms with Crippen LogP contribution in [0.25, 0.3) is 0 Å². The third kappa shape index (κ3) is 3.63. The minimum Gasteiger partial charge on any atom is -0.465 e. The molecule has 2 rings (SSSR count). The van der Waals surface area contributed by atoms with Gasteiger partial charge in [-0.25, -0.2) is 4.79 Å². The number of esters is 1. The van der Waals surface area contributed by atoms with Crippen molar-refractivity contribution in [1.82, 2.24) is 0 Å². The maximum Gasteiger partial charge on any atom is 0.337 e. The number of ether oxygens (including phenoxy) is 1. The fraction of sp³-hybridized carbons (Fsp3) is 0.176. The Morgan fingerprint density at radius 3 is 1.95 bits per heavy atom. The summed E-state index contributed by atoms with van der Waals surface area (Å²) in [5, 5.41) is 2.79. The lowest BCUT2D eigenvalue weighted by Gasteiger charge is -2.12. The molecule has 0 bridgehead atoms. The van der Waals surface area contributed by atoms with Gasteiger partial charge in [-0.05, 0) is 48.5 Å². The van der Waals surface area contributed by atoms with Crippen LogP contribution in [0.1, 0.15) is 20.7 Å². The molecular formula is C17H18N2O3. The highest BCUT2D eigenvalue weighted by Crippen LogP contribution is 2.15. The number of hydrogen-bond donors (Lipinski definition) is 1. The summed E-state index contributed by atoms with van der Waals surface area (Å²) >= 11 is 0. The highest BCUT2D eigenvalue weighted by molar-refractivity contribution is 6.04. The van der Waals surface area contributed by atoms with Crippen molar-refractivity contribution in [3.63, 3.8) is 0 Å². The highest BCUT2D eigenvalue weighted by Gasteiger charge is 2.08. The van der Waals surface area contributed by atoms with Crippen LogP contribution in [0.2, 0.25) is 0 Å². The number of benzene rings is 2. The summed E-state index contributed by atoms with van der Waals surface area (Å²) in [6.07, 6.45) is 0. The Hall–Kier alpha value is -2.82. The number of amides is 1. The molecule has 0 saturated heterocycles. The second-order valence-electron chi connectivity index (χ2n) is 4.96. The molecule has 1 N–H and O–H groups in total. The Labute approximate surface area is 129 Å². The van der Waals surface area contributed by atoms with Gasteiger partial charge in [-0.1, -0.05) is 0 Å². The lowest BCUT2D eigenvalue weighted by atomic mass is 10.1. The van der Waals surface area contributed by atoms with E-state index >= 15 is 0 Å². The average molecular weight is 298 g/mol. The predicted octanol–water partition coefficient (Wildman–Crippen LogP) is 2.79. The van der Waals surface area contributed by atoms with E-state index in [2.05, 4.69) is 10.1 Å². The normalized spacial score (nSPS) is 9.95. The number of anilines is 2.